The quantitative estimate of drug-likeness (QED) is 0.665. The van der Waals surface area contributed by atoms with E-state index in [0.717, 1.165) is 25.2 Å². The van der Waals surface area contributed by atoms with Gasteiger partial charge in [0.2, 0.25) is 5.78 Å². The average Bonchev–Trinajstić information content (AvgIpc) is 3.36. The summed E-state index contributed by atoms with van der Waals surface area (Å²) in [5.41, 5.74) is 1.30. The van der Waals surface area contributed by atoms with E-state index in [1.165, 1.54) is 12.8 Å². The van der Waals surface area contributed by atoms with Crippen LogP contribution >= 0.6 is 0 Å². The number of hydrogen-bond acceptors (Lipinski definition) is 6. The third kappa shape index (κ3) is 4.38. The molecule has 6 heteroatoms. The number of hydrogen-bond donors (Lipinski definition) is 0. The summed E-state index contributed by atoms with van der Waals surface area (Å²) in [6.07, 6.45) is 4.23. The number of rotatable bonds is 7. The van der Waals surface area contributed by atoms with E-state index < -0.39 is 0 Å². The van der Waals surface area contributed by atoms with Crippen LogP contribution in [0.4, 0.5) is 0 Å². The molecule has 152 valence electrons. The second-order valence-electron chi connectivity index (χ2n) is 7.14. The second-order valence-corrected chi connectivity index (χ2v) is 7.14. The molecule has 2 aliphatic rings. The van der Waals surface area contributed by atoms with Crippen molar-refractivity contribution in [3.8, 4) is 23.0 Å². The Labute approximate surface area is 170 Å². The van der Waals surface area contributed by atoms with E-state index in [-0.39, 0.29) is 11.5 Å². The van der Waals surface area contributed by atoms with Crippen LogP contribution in [-0.2, 0) is 0 Å². The maximum atomic E-state index is 12.7. The van der Waals surface area contributed by atoms with E-state index in [1.54, 1.807) is 38.5 Å². The highest BCUT2D eigenvalue weighted by Gasteiger charge is 2.28. The van der Waals surface area contributed by atoms with Crippen LogP contribution in [0.5, 0.6) is 23.0 Å². The van der Waals surface area contributed by atoms with Crippen molar-refractivity contribution >= 4 is 11.9 Å². The number of ketones is 1. The van der Waals surface area contributed by atoms with Gasteiger partial charge in [0, 0.05) is 18.7 Å². The third-order valence-electron chi connectivity index (χ3n) is 5.19. The Morgan fingerprint density at radius 2 is 1.72 bits per heavy atom. The molecule has 0 atom stereocenters. The standard InChI is InChI=1S/C23H25NO5/c1-26-18-11-16(12-19(14-18)27-2)13-22-23(25)20-6-5-17(15-21(20)29-22)28-10-9-24-7-3-4-8-24/h5-6,11-15H,3-4,7-10H2,1-2H3/b22-13+. The van der Waals surface area contributed by atoms with Crippen LogP contribution in [-0.4, -0.2) is 51.1 Å². The molecule has 0 amide bonds. The van der Waals surface area contributed by atoms with E-state index in [4.69, 9.17) is 18.9 Å². The van der Waals surface area contributed by atoms with Gasteiger partial charge in [-0.05, 0) is 61.8 Å². The summed E-state index contributed by atoms with van der Waals surface area (Å²) in [6.45, 7) is 3.83. The van der Waals surface area contributed by atoms with Crippen molar-refractivity contribution in [1.29, 1.82) is 0 Å². The lowest BCUT2D eigenvalue weighted by Crippen LogP contribution is -2.25. The van der Waals surface area contributed by atoms with Crippen molar-refractivity contribution in [2.24, 2.45) is 0 Å². The normalized spacial score (nSPS) is 17.3. The monoisotopic (exact) mass is 395 g/mol. The Morgan fingerprint density at radius 1 is 1.00 bits per heavy atom. The van der Waals surface area contributed by atoms with Crippen molar-refractivity contribution in [3.63, 3.8) is 0 Å². The van der Waals surface area contributed by atoms with Crippen LogP contribution in [0.2, 0.25) is 0 Å². The molecule has 1 fully saturated rings. The maximum absolute atomic E-state index is 12.7. The minimum atomic E-state index is -0.148. The molecule has 0 spiro atoms. The molecule has 0 aliphatic carbocycles. The van der Waals surface area contributed by atoms with Crippen molar-refractivity contribution in [2.45, 2.75) is 12.8 Å². The van der Waals surface area contributed by atoms with E-state index >= 15 is 0 Å². The zero-order chi connectivity index (χ0) is 20.2. The van der Waals surface area contributed by atoms with E-state index in [0.29, 0.717) is 35.2 Å². The Bertz CT molecular complexity index is 909. The summed E-state index contributed by atoms with van der Waals surface area (Å²) in [4.78, 5) is 15.1. The number of carbonyl (C=O) groups is 1. The first-order chi connectivity index (χ1) is 14.2. The Kier molecular flexibility index (Phi) is 5.71. The van der Waals surface area contributed by atoms with Crippen LogP contribution in [0, 0.1) is 0 Å². The van der Waals surface area contributed by atoms with Crippen LogP contribution in [0.25, 0.3) is 6.08 Å². The van der Waals surface area contributed by atoms with Gasteiger partial charge in [0.25, 0.3) is 0 Å². The van der Waals surface area contributed by atoms with Crippen LogP contribution < -0.4 is 18.9 Å². The maximum Gasteiger partial charge on any atom is 0.231 e. The summed E-state index contributed by atoms with van der Waals surface area (Å²) >= 11 is 0. The van der Waals surface area contributed by atoms with Crippen molar-refractivity contribution in [2.75, 3.05) is 40.5 Å². The first-order valence-corrected chi connectivity index (χ1v) is 9.83. The minimum Gasteiger partial charge on any atom is -0.497 e. The zero-order valence-electron chi connectivity index (χ0n) is 16.8. The molecule has 4 rings (SSSR count). The van der Waals surface area contributed by atoms with E-state index in [9.17, 15) is 4.79 Å². The van der Waals surface area contributed by atoms with Crippen LogP contribution in [0.15, 0.2) is 42.2 Å². The number of ether oxygens (including phenoxy) is 4. The van der Waals surface area contributed by atoms with Gasteiger partial charge < -0.3 is 18.9 Å². The fraction of sp³-hybridized carbons (Fsp3) is 0.348. The van der Waals surface area contributed by atoms with Crippen molar-refractivity contribution in [1.82, 2.24) is 4.90 Å². The van der Waals surface area contributed by atoms with Gasteiger partial charge in [-0.2, -0.15) is 0 Å². The number of fused-ring (bicyclic) bond motifs is 1. The predicted molar refractivity (Wildman–Crippen MR) is 110 cm³/mol. The van der Waals surface area contributed by atoms with Gasteiger partial charge in [-0.15, -0.1) is 0 Å². The lowest BCUT2D eigenvalue weighted by atomic mass is 10.1. The molecule has 6 nitrogen and oxygen atoms in total. The molecular weight excluding hydrogens is 370 g/mol. The van der Waals surface area contributed by atoms with Crippen molar-refractivity contribution in [3.05, 3.63) is 53.3 Å². The van der Waals surface area contributed by atoms with Gasteiger partial charge in [-0.25, -0.2) is 0 Å². The molecule has 0 aromatic heterocycles. The van der Waals surface area contributed by atoms with Crippen molar-refractivity contribution < 1.29 is 23.7 Å². The van der Waals surface area contributed by atoms with Gasteiger partial charge in [0.15, 0.2) is 5.76 Å². The smallest absolute Gasteiger partial charge is 0.231 e. The minimum absolute atomic E-state index is 0.148. The summed E-state index contributed by atoms with van der Waals surface area (Å²) in [7, 11) is 3.17. The summed E-state index contributed by atoms with van der Waals surface area (Å²) < 4.78 is 22.3. The largest absolute Gasteiger partial charge is 0.497 e. The lowest BCUT2D eigenvalue weighted by Gasteiger charge is -2.15. The molecule has 0 bridgehead atoms. The summed E-state index contributed by atoms with van der Waals surface area (Å²) in [5, 5.41) is 0. The lowest BCUT2D eigenvalue weighted by molar-refractivity contribution is 0.101. The molecule has 2 aromatic carbocycles. The van der Waals surface area contributed by atoms with E-state index in [1.807, 2.05) is 18.2 Å². The number of carbonyl (C=O) groups excluding carboxylic acids is 1. The second kappa shape index (κ2) is 8.57. The summed E-state index contributed by atoms with van der Waals surface area (Å²) in [6, 6.07) is 10.8. The number of allylic oxidation sites excluding steroid dienone is 1. The molecule has 2 aliphatic heterocycles. The first-order valence-electron chi connectivity index (χ1n) is 9.83. The SMILES string of the molecule is COc1cc(/C=C2/Oc3cc(OCCN4CCCC4)ccc3C2=O)cc(OC)c1. The molecular formula is C23H25NO5. The molecule has 0 N–H and O–H groups in total. The van der Waals surface area contributed by atoms with Gasteiger partial charge in [0.05, 0.1) is 19.8 Å². The topological polar surface area (TPSA) is 57.2 Å². The Hall–Kier alpha value is -2.99. The molecule has 0 saturated carbocycles. The average molecular weight is 395 g/mol. The molecule has 29 heavy (non-hydrogen) atoms. The fourth-order valence-corrected chi connectivity index (χ4v) is 3.62. The third-order valence-corrected chi connectivity index (χ3v) is 5.19. The van der Waals surface area contributed by atoms with Gasteiger partial charge in [0.1, 0.15) is 29.6 Å². The number of benzene rings is 2. The highest BCUT2D eigenvalue weighted by Crippen LogP contribution is 2.35. The molecule has 2 aromatic rings. The zero-order valence-corrected chi connectivity index (χ0v) is 16.8. The first kappa shape index (κ1) is 19.3. The molecule has 2 heterocycles. The number of likely N-dealkylation sites (tertiary alicyclic amines) is 1. The highest BCUT2D eigenvalue weighted by molar-refractivity contribution is 6.14. The van der Waals surface area contributed by atoms with Gasteiger partial charge >= 0.3 is 0 Å². The summed E-state index contributed by atoms with van der Waals surface area (Å²) in [5.74, 6) is 2.64. The number of methoxy groups -OCH3 is 2. The van der Waals surface area contributed by atoms with Crippen LogP contribution in [0.3, 0.4) is 0 Å². The predicted octanol–water partition coefficient (Wildman–Crippen LogP) is 3.79. The van der Waals surface area contributed by atoms with Crippen LogP contribution in [0.1, 0.15) is 28.8 Å². The Morgan fingerprint density at radius 3 is 2.41 bits per heavy atom. The van der Waals surface area contributed by atoms with E-state index in [2.05, 4.69) is 4.90 Å². The molecule has 1 saturated heterocycles. The fourth-order valence-electron chi connectivity index (χ4n) is 3.62. The highest BCUT2D eigenvalue weighted by atomic mass is 16.5. The number of Topliss-reactive ketones (excluding diaryl/α,β-unsaturated/α-hetero) is 1. The number of nitrogens with zero attached hydrogens (tertiary/aromatic N) is 1. The van der Waals surface area contributed by atoms with Gasteiger partial charge in [-0.1, -0.05) is 0 Å². The molecule has 0 unspecified atom stereocenters. The Balaban J connectivity index is 1.47. The van der Waals surface area contributed by atoms with Gasteiger partial charge in [-0.3, -0.25) is 9.69 Å². The molecule has 0 radical (unpaired) electrons.